The number of hydrogen-bond donors (Lipinski definition) is 0. The first kappa shape index (κ1) is 97.7. The normalized spacial score (nSPS) is 13.3. The molecule has 4 aliphatic rings. The van der Waals surface area contributed by atoms with Crippen LogP contribution in [-0.2, 0) is 90.9 Å². The molecule has 16 bridgehead atoms. The van der Waals surface area contributed by atoms with Crippen molar-refractivity contribution in [2.24, 2.45) is 0 Å². The van der Waals surface area contributed by atoms with E-state index in [0.29, 0.717) is 142 Å². The summed E-state index contributed by atoms with van der Waals surface area (Å²) >= 11 is 0. The number of sulfone groups is 3. The molecule has 0 fully saturated rings. The van der Waals surface area contributed by atoms with E-state index >= 15 is 0 Å². The van der Waals surface area contributed by atoms with E-state index in [0.717, 1.165) is 49.4 Å². The zero-order valence-corrected chi connectivity index (χ0v) is 89.2. The summed E-state index contributed by atoms with van der Waals surface area (Å²) in [6, 6.07) is 44.8. The molecule has 10 heterocycles. The summed E-state index contributed by atoms with van der Waals surface area (Å²) in [6.07, 6.45) is 1.08. The van der Waals surface area contributed by atoms with E-state index < -0.39 is 46.1 Å². The van der Waals surface area contributed by atoms with Gasteiger partial charge >= 0.3 is 36.3 Å². The second kappa shape index (κ2) is 35.6. The molecule has 4 aliphatic heterocycles. The second-order valence-corrected chi connectivity index (χ2v) is 57.1. The Labute approximate surface area is 818 Å². The minimum Gasteiger partial charge on any atom is -0.412 e. The molecule has 6 aromatic heterocycles. The number of hydrogen-bond acceptors (Lipinski definition) is 20. The van der Waals surface area contributed by atoms with Crippen LogP contribution in [0.5, 0.6) is 0 Å². The maximum Gasteiger partial charge on any atom is 2.00 e. The molecule has 136 heavy (non-hydrogen) atoms. The SMILES string of the molecule is CCCS(=O)(=O)c1ccc2c(c1)-c1nc-2nc2[n-]c(nc3nc(nc4[n-]c(n1)c1cc(S(=O)(=O)CCC)ccc41)-c1ccc(C#C/C(CO[Si](C)(C)C(C)(C)C)=C(/C#Cc4ccc5c(c4)-c4nc-5nc5[n-]c(nc6nc(nc7[n-]c(n4)c4cc(C(C)(C)C)ccc74)-c4ccc(C(C)(C)C)cc4-6)c4ccc(C(C)(C)C)cc54)CO[Si](C)(C)C(C)(C)C)cc1-3)c1ccc(S(=O)(=O)CCC)cc21.[Co+2].[Zn+2]. The Bertz CT molecular complexity index is 8320. The fourth-order valence-electron chi connectivity index (χ4n) is 16.2. The Morgan fingerprint density at radius 2 is 0.544 bits per heavy atom. The van der Waals surface area contributed by atoms with Crippen molar-refractivity contribution < 1.29 is 70.4 Å². The van der Waals surface area contributed by atoms with Crippen LogP contribution in [0.4, 0.5) is 0 Å². The van der Waals surface area contributed by atoms with Crippen LogP contribution in [-0.4, -0.2) is 132 Å². The predicted molar refractivity (Wildman–Crippen MR) is 538 cm³/mol. The monoisotopic (exact) mass is 1990 g/mol. The second-order valence-electron chi connectivity index (χ2n) is 41.2. The molecule has 31 heteroatoms. The Kier molecular flexibility index (Phi) is 25.6. The van der Waals surface area contributed by atoms with E-state index in [-0.39, 0.29) is 154 Å². The fourth-order valence-corrected chi connectivity index (χ4v) is 22.1. The third-order valence-corrected chi connectivity index (χ3v) is 41.0. The quantitative estimate of drug-likeness (QED) is 0.0679. The van der Waals surface area contributed by atoms with Gasteiger partial charge in [0.15, 0.2) is 46.1 Å². The summed E-state index contributed by atoms with van der Waals surface area (Å²) in [5.41, 5.74) is 11.9. The first-order chi connectivity index (χ1) is 63.0. The van der Waals surface area contributed by atoms with Crippen LogP contribution in [0.15, 0.2) is 171 Å². The van der Waals surface area contributed by atoms with Crippen molar-refractivity contribution in [2.75, 3.05) is 30.5 Å². The average molecular weight is 2000 g/mol. The first-order valence-corrected chi connectivity index (χ1v) is 56.1. The maximum absolute atomic E-state index is 14.0. The smallest absolute Gasteiger partial charge is 0.412 e. The Balaban J connectivity index is 0.00000671. The van der Waals surface area contributed by atoms with Crippen LogP contribution >= 0.6 is 0 Å². The molecule has 14 aromatic rings. The number of nitrogens with zero attached hydrogens (tertiary/aromatic N) is 16. The van der Waals surface area contributed by atoms with E-state index in [4.69, 9.17) is 88.6 Å². The fraction of sp³-hybridized carbons (Fsp3) is 0.333. The summed E-state index contributed by atoms with van der Waals surface area (Å²) < 4.78 is 98.3. The summed E-state index contributed by atoms with van der Waals surface area (Å²) in [5, 5.41) is 4.30. The van der Waals surface area contributed by atoms with E-state index in [2.05, 4.69) is 208 Å². The zero-order chi connectivity index (χ0) is 95.4. The van der Waals surface area contributed by atoms with Crippen LogP contribution < -0.4 is 19.9 Å². The molecule has 0 aliphatic carbocycles. The molecule has 691 valence electrons. The molecule has 0 saturated heterocycles. The van der Waals surface area contributed by atoms with Crippen LogP contribution in [0.3, 0.4) is 0 Å². The number of fused-ring (bicyclic) bond motifs is 40. The molecule has 18 rings (SSSR count). The number of rotatable bonds is 15. The van der Waals surface area contributed by atoms with Gasteiger partial charge < -0.3 is 68.7 Å². The van der Waals surface area contributed by atoms with Gasteiger partial charge in [0.2, 0.25) is 0 Å². The molecular weight excluding hydrogens is 1890 g/mol. The van der Waals surface area contributed by atoms with Crippen LogP contribution in [0.2, 0.25) is 36.3 Å². The van der Waals surface area contributed by atoms with Gasteiger partial charge in [-0.2, -0.15) is 0 Å². The summed E-state index contributed by atoms with van der Waals surface area (Å²) in [6.45, 7) is 47.3. The van der Waals surface area contributed by atoms with Crippen LogP contribution in [0.25, 0.3) is 179 Å². The van der Waals surface area contributed by atoms with E-state index in [1.165, 1.54) is 36.4 Å². The summed E-state index contributed by atoms with van der Waals surface area (Å²) in [7, 11) is -16.5. The summed E-state index contributed by atoms with van der Waals surface area (Å²) in [5.74, 6) is 16.3. The molecule has 0 saturated carbocycles. The third-order valence-electron chi connectivity index (χ3n) is 26.3. The van der Waals surface area contributed by atoms with Gasteiger partial charge in [-0.05, 0) is 210 Å². The van der Waals surface area contributed by atoms with Gasteiger partial charge in [-0.25, -0.2) is 45.2 Å². The van der Waals surface area contributed by atoms with Gasteiger partial charge in [-0.3, -0.25) is 0 Å². The van der Waals surface area contributed by atoms with Gasteiger partial charge in [0.25, 0.3) is 0 Å². The van der Waals surface area contributed by atoms with Gasteiger partial charge in [-0.1, -0.05) is 215 Å². The first-order valence-electron chi connectivity index (χ1n) is 45.4. The van der Waals surface area contributed by atoms with Crippen LogP contribution in [0.1, 0.15) is 172 Å². The molecule has 24 nitrogen and oxygen atoms in total. The maximum atomic E-state index is 14.0. The van der Waals surface area contributed by atoms with Crippen molar-refractivity contribution in [3.63, 3.8) is 0 Å². The molecule has 1 radical (unpaired) electrons. The molecule has 8 aromatic carbocycles. The zero-order valence-electron chi connectivity index (χ0n) is 80.7. The average Bonchev–Trinajstić information content (AvgIpc) is 1.59. The Morgan fingerprint density at radius 3 is 0.853 bits per heavy atom. The van der Waals surface area contributed by atoms with Crippen molar-refractivity contribution in [1.29, 1.82) is 0 Å². The summed E-state index contributed by atoms with van der Waals surface area (Å²) in [4.78, 5) is 84.0. The standard InChI is InChI=1S/C105H106N16O8S3Si2.Co.Zn/c1-23-46-130(122,123)66-36-44-75-82(54-66)98-117-91(75)110-93-77-49-59(28-38-69(77)85(108-93)106-90-74-43-35-67(131(124,125)47-24-2)55-83(74)99(116-90)121-100-84-56-68(132(126,127)48-25-3)37-45-76(84)92(118-98)119-100)26-30-61(57-128-133(19,20)104(13,14)15)62(58-129-134(21,22)105(16,17)18)31-27-60-29-39-70-78(50-60)94-109-86(70)111-95-80-52-64(102(7,8)9)34-42-73(80)89(114-95)115-96-79-51-63(101(4,5)6)32-40-71(79)87(112-96)107-88-72-41-33-65(103(10,11)12)53-81(72)97(113-88)120-94;;/h28-29,32-45,49-56H,23-25,46-48,57-58H2,1-22H3;;/q-4;2*+2/b62-61+;;. The minimum atomic E-state index is -3.81. The molecule has 0 atom stereocenters. The molecule has 0 amide bonds. The minimum absolute atomic E-state index is 0. The van der Waals surface area contributed by atoms with Crippen LogP contribution in [0, 0.1) is 23.7 Å². The van der Waals surface area contributed by atoms with Gasteiger partial charge in [0.1, 0.15) is 0 Å². The molecular formula is C105H106CoN16O8S3Si2Zn. The van der Waals surface area contributed by atoms with E-state index in [1.54, 1.807) is 39.0 Å². The molecule has 0 spiro atoms. The third kappa shape index (κ3) is 18.6. The van der Waals surface area contributed by atoms with Gasteiger partial charge in [-0.15, -0.1) is 0 Å². The van der Waals surface area contributed by atoms with E-state index in [9.17, 15) is 25.3 Å². The van der Waals surface area contributed by atoms with Crippen molar-refractivity contribution in [3.8, 4) is 115 Å². The van der Waals surface area contributed by atoms with Crippen molar-refractivity contribution >= 4 is 134 Å². The van der Waals surface area contributed by atoms with Crippen molar-refractivity contribution in [2.45, 2.75) is 211 Å². The van der Waals surface area contributed by atoms with E-state index in [1.807, 2.05) is 36.4 Å². The predicted octanol–water partition coefficient (Wildman–Crippen LogP) is 21.8. The van der Waals surface area contributed by atoms with Crippen molar-refractivity contribution in [1.82, 2.24) is 79.7 Å². The largest absolute Gasteiger partial charge is 2.00 e. The van der Waals surface area contributed by atoms with Crippen molar-refractivity contribution in [3.05, 3.63) is 185 Å². The molecule has 0 N–H and O–H groups in total. The Morgan fingerprint density at radius 1 is 0.301 bits per heavy atom. The topological polar surface area (TPSA) is 332 Å². The van der Waals surface area contributed by atoms with Gasteiger partial charge in [0, 0.05) is 112 Å². The number of aromatic nitrogens is 16. The Hall–Kier alpha value is -11.3. The molecule has 0 unspecified atom stereocenters. The van der Waals surface area contributed by atoms with Gasteiger partial charge in [0.05, 0.1) is 91.8 Å². The number of benzene rings is 8.